The number of carbonyl (C=O) groups is 1. The molecule has 4 atom stereocenters. The molecule has 1 aromatic heterocycles. The Bertz CT molecular complexity index is 863. The number of aliphatic hydroxyl groups is 1. The van der Waals surface area contributed by atoms with Gasteiger partial charge in [-0.2, -0.15) is 0 Å². The predicted octanol–water partition coefficient (Wildman–Crippen LogP) is 2.24. The molecule has 3 rings (SSSR count). The van der Waals surface area contributed by atoms with E-state index in [0.29, 0.717) is 29.0 Å². The number of carbonyl (C=O) groups excluding carboxylic acids is 1. The molecule has 154 valence electrons. The summed E-state index contributed by atoms with van der Waals surface area (Å²) in [5, 5.41) is 13.8. The fraction of sp³-hybridized carbons (Fsp3) is 0.500. The first-order valence-electron chi connectivity index (χ1n) is 9.04. The van der Waals surface area contributed by atoms with E-state index in [-0.39, 0.29) is 12.2 Å². The van der Waals surface area contributed by atoms with E-state index in [1.165, 1.54) is 6.92 Å². The summed E-state index contributed by atoms with van der Waals surface area (Å²) < 4.78 is 22.3. The normalized spacial score (nSPS) is 24.2. The van der Waals surface area contributed by atoms with Gasteiger partial charge in [0.2, 0.25) is 6.29 Å². The summed E-state index contributed by atoms with van der Waals surface area (Å²) in [5.41, 5.74) is 1.08. The van der Waals surface area contributed by atoms with Crippen LogP contribution in [0.5, 0.6) is 5.75 Å². The second-order valence-electron chi connectivity index (χ2n) is 6.44. The highest BCUT2D eigenvalue weighted by atomic mass is 16.7. The highest BCUT2D eigenvalue weighted by Crippen LogP contribution is 2.31. The number of aliphatic hydroxyl groups excluding tert-OH is 1. The Hall–Kier alpha value is -2.42. The molecule has 0 spiro atoms. The van der Waals surface area contributed by atoms with Crippen LogP contribution in [0.15, 0.2) is 27.4 Å². The summed E-state index contributed by atoms with van der Waals surface area (Å²) in [6.07, 6.45) is -0.813. The van der Waals surface area contributed by atoms with E-state index >= 15 is 0 Å². The first kappa shape index (κ1) is 21.9. The number of nitrogens with one attached hydrogen (secondary N) is 1. The molecule has 2 unspecified atom stereocenters. The minimum atomic E-state index is -0.810. The van der Waals surface area contributed by atoms with E-state index in [0.717, 1.165) is 11.7 Å². The van der Waals surface area contributed by atoms with Crippen molar-refractivity contribution < 1.29 is 28.5 Å². The molecule has 28 heavy (non-hydrogen) atoms. The Balaban J connectivity index is 0.000000878. The lowest BCUT2D eigenvalue weighted by Gasteiger charge is -2.37. The molecule has 8 nitrogen and oxygen atoms in total. The molecule has 1 saturated heterocycles. The average Bonchev–Trinajstić information content (AvgIpc) is 2.67. The first-order chi connectivity index (χ1) is 13.4. The quantitative estimate of drug-likeness (QED) is 0.602. The molecule has 1 aromatic carbocycles. The molecule has 0 bridgehead atoms. The topological polar surface area (TPSA) is 107 Å². The van der Waals surface area contributed by atoms with E-state index in [1.54, 1.807) is 39.3 Å². The van der Waals surface area contributed by atoms with Gasteiger partial charge < -0.3 is 33.8 Å². The third-order valence-electron chi connectivity index (χ3n) is 4.58. The number of fused-ring (bicyclic) bond motifs is 1. The summed E-state index contributed by atoms with van der Waals surface area (Å²) >= 11 is 0. The highest BCUT2D eigenvalue weighted by molar-refractivity contribution is 5.84. The minimum Gasteiger partial charge on any atom is -0.462 e. The van der Waals surface area contributed by atoms with Crippen molar-refractivity contribution >= 4 is 22.9 Å². The van der Waals surface area contributed by atoms with Crippen LogP contribution in [0.4, 0.5) is 5.69 Å². The van der Waals surface area contributed by atoms with Crippen molar-refractivity contribution in [3.8, 4) is 5.75 Å². The second-order valence-corrected chi connectivity index (χ2v) is 6.44. The third-order valence-corrected chi connectivity index (χ3v) is 4.58. The fourth-order valence-corrected chi connectivity index (χ4v) is 3.06. The Kier molecular flexibility index (Phi) is 7.56. The van der Waals surface area contributed by atoms with Gasteiger partial charge in [0.15, 0.2) is 0 Å². The van der Waals surface area contributed by atoms with Crippen LogP contribution in [0, 0.1) is 6.92 Å². The van der Waals surface area contributed by atoms with E-state index in [4.69, 9.17) is 23.4 Å². The number of hydrogen-bond donors (Lipinski definition) is 2. The van der Waals surface area contributed by atoms with Crippen molar-refractivity contribution in [2.75, 3.05) is 19.5 Å². The molecule has 2 heterocycles. The molecule has 1 fully saturated rings. The van der Waals surface area contributed by atoms with Crippen molar-refractivity contribution in [1.29, 1.82) is 0 Å². The summed E-state index contributed by atoms with van der Waals surface area (Å²) in [7, 11) is 3.26. The standard InChI is InChI=1S/C18H23NO6.C2H4O/c1-9-14(24-18-13(20)8-15(22-4)10(2)23-18)6-5-11-7-12(19-3)17(21)25-16(9)11;1-2-3/h5-7,10,13,15,18-20H,8H2,1-4H3;2H,1H3/t10-,13+,15?,18?;/m0./s1. The van der Waals surface area contributed by atoms with Crippen LogP contribution in [0.1, 0.15) is 25.8 Å². The molecule has 0 saturated carbocycles. The van der Waals surface area contributed by atoms with Crippen LogP contribution in [-0.4, -0.2) is 50.2 Å². The Labute approximate surface area is 163 Å². The van der Waals surface area contributed by atoms with Crippen LogP contribution < -0.4 is 15.7 Å². The highest BCUT2D eigenvalue weighted by Gasteiger charge is 2.36. The van der Waals surface area contributed by atoms with Crippen LogP contribution >= 0.6 is 0 Å². The second kappa shape index (κ2) is 9.68. The maximum atomic E-state index is 11.9. The van der Waals surface area contributed by atoms with E-state index < -0.39 is 18.0 Å². The zero-order chi connectivity index (χ0) is 20.8. The molecule has 0 amide bonds. The summed E-state index contributed by atoms with van der Waals surface area (Å²) in [6, 6.07) is 5.31. The van der Waals surface area contributed by atoms with E-state index in [9.17, 15) is 9.90 Å². The Morgan fingerprint density at radius 1 is 1.36 bits per heavy atom. The summed E-state index contributed by atoms with van der Waals surface area (Å²) in [6.45, 7) is 5.12. The minimum absolute atomic E-state index is 0.175. The zero-order valence-electron chi connectivity index (χ0n) is 16.7. The number of aldehydes is 1. The first-order valence-corrected chi connectivity index (χ1v) is 9.04. The summed E-state index contributed by atoms with van der Waals surface area (Å²) in [4.78, 5) is 20.7. The number of anilines is 1. The van der Waals surface area contributed by atoms with Gasteiger partial charge in [0.05, 0.1) is 12.2 Å². The van der Waals surface area contributed by atoms with Crippen molar-refractivity contribution in [3.63, 3.8) is 0 Å². The molecular formula is C20H27NO7. The Morgan fingerprint density at radius 2 is 2.04 bits per heavy atom. The zero-order valence-corrected chi connectivity index (χ0v) is 16.7. The average molecular weight is 393 g/mol. The van der Waals surface area contributed by atoms with Crippen molar-refractivity contribution in [1.82, 2.24) is 0 Å². The molecule has 0 radical (unpaired) electrons. The van der Waals surface area contributed by atoms with E-state index in [1.807, 2.05) is 6.92 Å². The van der Waals surface area contributed by atoms with Gasteiger partial charge in [-0.25, -0.2) is 4.79 Å². The van der Waals surface area contributed by atoms with Crippen LogP contribution in [0.2, 0.25) is 0 Å². The fourth-order valence-electron chi connectivity index (χ4n) is 3.06. The van der Waals surface area contributed by atoms with Crippen LogP contribution in [0.25, 0.3) is 11.0 Å². The number of benzene rings is 1. The molecule has 2 aromatic rings. The lowest BCUT2D eigenvalue weighted by Crippen LogP contribution is -2.49. The lowest BCUT2D eigenvalue weighted by atomic mass is 10.0. The predicted molar refractivity (Wildman–Crippen MR) is 105 cm³/mol. The number of rotatable bonds is 4. The maximum absolute atomic E-state index is 11.9. The SMILES string of the molecule is CC=O.CNc1cc2ccc(OC3O[C@@H](C)C(OC)C[C@H]3O)c(C)c2oc1=O. The van der Waals surface area contributed by atoms with Gasteiger partial charge in [0.1, 0.15) is 29.4 Å². The maximum Gasteiger partial charge on any atom is 0.359 e. The smallest absolute Gasteiger partial charge is 0.359 e. The molecule has 1 aliphatic rings. The lowest BCUT2D eigenvalue weighted by molar-refractivity contribution is -0.233. The number of ether oxygens (including phenoxy) is 3. The molecule has 2 N–H and O–H groups in total. The van der Waals surface area contributed by atoms with Gasteiger partial charge >= 0.3 is 5.63 Å². The van der Waals surface area contributed by atoms with Gasteiger partial charge in [0, 0.05) is 31.5 Å². The number of aryl methyl sites for hydroxylation is 1. The van der Waals surface area contributed by atoms with Crippen LogP contribution in [-0.2, 0) is 14.3 Å². The largest absolute Gasteiger partial charge is 0.462 e. The van der Waals surface area contributed by atoms with Gasteiger partial charge in [-0.1, -0.05) is 0 Å². The molecule has 0 aliphatic carbocycles. The van der Waals surface area contributed by atoms with Gasteiger partial charge in [-0.05, 0) is 39.0 Å². The van der Waals surface area contributed by atoms with Gasteiger partial charge in [-0.15, -0.1) is 0 Å². The van der Waals surface area contributed by atoms with Crippen LogP contribution in [0.3, 0.4) is 0 Å². The number of hydrogen-bond acceptors (Lipinski definition) is 8. The van der Waals surface area contributed by atoms with Gasteiger partial charge in [0.25, 0.3) is 0 Å². The Morgan fingerprint density at radius 3 is 2.64 bits per heavy atom. The molecule has 1 aliphatic heterocycles. The van der Waals surface area contributed by atoms with Gasteiger partial charge in [-0.3, -0.25) is 0 Å². The monoisotopic (exact) mass is 393 g/mol. The van der Waals surface area contributed by atoms with E-state index in [2.05, 4.69) is 5.32 Å². The van der Waals surface area contributed by atoms with Crippen molar-refractivity contribution in [2.24, 2.45) is 0 Å². The van der Waals surface area contributed by atoms with Crippen molar-refractivity contribution in [2.45, 2.75) is 51.8 Å². The molecular weight excluding hydrogens is 366 g/mol. The summed E-state index contributed by atoms with van der Waals surface area (Å²) in [5.74, 6) is 0.500. The van der Waals surface area contributed by atoms with Crippen molar-refractivity contribution in [3.05, 3.63) is 34.2 Å². The molecule has 8 heteroatoms. The number of methoxy groups -OCH3 is 1. The third kappa shape index (κ3) is 4.70.